The van der Waals surface area contributed by atoms with Gasteiger partial charge in [0.2, 0.25) is 11.9 Å². The number of hydrogen-bond acceptors (Lipinski definition) is 8. The number of fused-ring (bicyclic) bond motifs is 1. The lowest BCUT2D eigenvalue weighted by Crippen LogP contribution is -2.55. The Hall–Kier alpha value is -3.37. The molecule has 0 saturated carbocycles. The normalized spacial score (nSPS) is 19.4. The highest BCUT2D eigenvalue weighted by atomic mass is 35.5. The number of carbonyl (C=O) groups is 1. The number of para-hydroxylation sites is 2. The van der Waals surface area contributed by atoms with Crippen LogP contribution in [0.3, 0.4) is 0 Å². The third kappa shape index (κ3) is 6.54. The molecule has 202 valence electrons. The molecule has 1 amide bonds. The first kappa shape index (κ1) is 26.2. The Balaban J connectivity index is 1.22. The van der Waals surface area contributed by atoms with Gasteiger partial charge in [0, 0.05) is 57.5 Å². The van der Waals surface area contributed by atoms with Gasteiger partial charge in [-0.05, 0) is 25.1 Å². The number of rotatable bonds is 10. The number of piperazine rings is 1. The van der Waals surface area contributed by atoms with E-state index >= 15 is 0 Å². The number of nitrogens with zero attached hydrogens (tertiary/aromatic N) is 6. The highest BCUT2D eigenvalue weighted by Crippen LogP contribution is 2.31. The molecule has 2 aliphatic heterocycles. The van der Waals surface area contributed by atoms with E-state index in [4.69, 9.17) is 26.1 Å². The Morgan fingerprint density at radius 3 is 2.89 bits per heavy atom. The molecule has 3 aromatic rings. The zero-order valence-corrected chi connectivity index (χ0v) is 22.4. The minimum absolute atomic E-state index is 0.00413. The smallest absolute Gasteiger partial charge is 0.238 e. The van der Waals surface area contributed by atoms with Crippen molar-refractivity contribution in [1.82, 2.24) is 29.7 Å². The van der Waals surface area contributed by atoms with Crippen LogP contribution in [0.4, 0.5) is 5.82 Å². The minimum atomic E-state index is -0.0920. The summed E-state index contributed by atoms with van der Waals surface area (Å²) >= 11 is 6.39. The van der Waals surface area contributed by atoms with Crippen molar-refractivity contribution in [3.05, 3.63) is 54.2 Å². The summed E-state index contributed by atoms with van der Waals surface area (Å²) in [7, 11) is 0. The molecule has 0 aliphatic carbocycles. The largest absolute Gasteiger partial charge is 0.486 e. The lowest BCUT2D eigenvalue weighted by molar-refractivity contribution is -0.121. The Bertz CT molecular complexity index is 1210. The van der Waals surface area contributed by atoms with Gasteiger partial charge in [-0.1, -0.05) is 37.1 Å². The number of carbonyl (C=O) groups excluding carboxylic acids is 1. The number of imidazole rings is 1. The van der Waals surface area contributed by atoms with Crippen molar-refractivity contribution >= 4 is 23.3 Å². The first-order valence-electron chi connectivity index (χ1n) is 13.3. The molecule has 1 N–H and O–H groups in total. The SMILES string of the molecule is CCCCN1CCN(c2cc(Cl)nc(-n3ccnc3)n2)C(CC(=O)NCCC2COc3ccccc3O2)C1. The number of anilines is 1. The van der Waals surface area contributed by atoms with Crippen LogP contribution in [0.2, 0.25) is 5.15 Å². The monoisotopic (exact) mass is 539 g/mol. The van der Waals surface area contributed by atoms with Crippen molar-refractivity contribution in [1.29, 1.82) is 0 Å². The second-order valence-corrected chi connectivity index (χ2v) is 10.0. The maximum Gasteiger partial charge on any atom is 0.238 e. The summed E-state index contributed by atoms with van der Waals surface area (Å²) in [5.41, 5.74) is 0. The number of unbranched alkanes of at least 4 members (excludes halogenated alkanes) is 1. The van der Waals surface area contributed by atoms with E-state index in [0.717, 1.165) is 50.5 Å². The van der Waals surface area contributed by atoms with E-state index in [2.05, 4.69) is 32.0 Å². The average molecular weight is 540 g/mol. The van der Waals surface area contributed by atoms with Gasteiger partial charge in [0.15, 0.2) is 11.5 Å². The fourth-order valence-corrected chi connectivity index (χ4v) is 5.05. The van der Waals surface area contributed by atoms with Crippen LogP contribution in [0.5, 0.6) is 11.5 Å². The van der Waals surface area contributed by atoms with E-state index in [1.54, 1.807) is 29.4 Å². The highest BCUT2D eigenvalue weighted by Gasteiger charge is 2.30. The van der Waals surface area contributed by atoms with Gasteiger partial charge in [0.05, 0.1) is 6.04 Å². The van der Waals surface area contributed by atoms with Crippen LogP contribution in [0.1, 0.15) is 32.6 Å². The number of halogens is 1. The first-order valence-corrected chi connectivity index (χ1v) is 13.6. The molecule has 4 heterocycles. The van der Waals surface area contributed by atoms with Gasteiger partial charge in [0.25, 0.3) is 0 Å². The Morgan fingerprint density at radius 1 is 1.21 bits per heavy atom. The van der Waals surface area contributed by atoms with Crippen LogP contribution in [0.15, 0.2) is 49.1 Å². The van der Waals surface area contributed by atoms with E-state index in [0.29, 0.717) is 42.9 Å². The molecule has 0 spiro atoms. The van der Waals surface area contributed by atoms with Crippen molar-refractivity contribution in [3.8, 4) is 17.4 Å². The van der Waals surface area contributed by atoms with Crippen molar-refractivity contribution in [2.24, 2.45) is 0 Å². The van der Waals surface area contributed by atoms with E-state index in [1.807, 2.05) is 24.3 Å². The number of ether oxygens (including phenoxy) is 2. The van der Waals surface area contributed by atoms with Crippen LogP contribution in [0.25, 0.3) is 5.95 Å². The van der Waals surface area contributed by atoms with Crippen LogP contribution in [-0.2, 0) is 4.79 Å². The van der Waals surface area contributed by atoms with E-state index in [9.17, 15) is 4.79 Å². The van der Waals surface area contributed by atoms with Crippen LogP contribution in [-0.4, -0.2) is 81.8 Å². The van der Waals surface area contributed by atoms with Gasteiger partial charge in [-0.2, -0.15) is 4.98 Å². The van der Waals surface area contributed by atoms with E-state index < -0.39 is 0 Å². The summed E-state index contributed by atoms with van der Waals surface area (Å²) in [5.74, 6) is 2.69. The molecule has 0 radical (unpaired) electrons. The second kappa shape index (κ2) is 12.4. The van der Waals surface area contributed by atoms with Crippen molar-refractivity contribution < 1.29 is 14.3 Å². The molecule has 11 heteroatoms. The Kier molecular flexibility index (Phi) is 8.60. The zero-order chi connectivity index (χ0) is 26.3. The lowest BCUT2D eigenvalue weighted by Gasteiger charge is -2.42. The molecule has 1 saturated heterocycles. The molecule has 1 aromatic carbocycles. The fourth-order valence-electron chi connectivity index (χ4n) is 4.88. The quantitative estimate of drug-likeness (QED) is 0.392. The molecular formula is C27H34ClN7O3. The summed E-state index contributed by atoms with van der Waals surface area (Å²) in [5, 5.41) is 3.44. The zero-order valence-electron chi connectivity index (χ0n) is 21.6. The number of benzene rings is 1. The molecule has 1 fully saturated rings. The van der Waals surface area contributed by atoms with E-state index in [-0.39, 0.29) is 18.1 Å². The van der Waals surface area contributed by atoms with Gasteiger partial charge in [-0.15, -0.1) is 0 Å². The summed E-state index contributed by atoms with van der Waals surface area (Å²) in [6, 6.07) is 9.38. The van der Waals surface area contributed by atoms with Gasteiger partial charge in [-0.3, -0.25) is 14.3 Å². The predicted octanol–water partition coefficient (Wildman–Crippen LogP) is 3.34. The summed E-state index contributed by atoms with van der Waals surface area (Å²) in [4.78, 5) is 30.9. The Labute approximate surface area is 227 Å². The maximum absolute atomic E-state index is 13.1. The molecule has 0 bridgehead atoms. The maximum atomic E-state index is 13.1. The molecule has 5 rings (SSSR count). The Morgan fingerprint density at radius 2 is 2.08 bits per heavy atom. The average Bonchev–Trinajstić information content (AvgIpc) is 3.47. The molecule has 38 heavy (non-hydrogen) atoms. The molecule has 10 nitrogen and oxygen atoms in total. The van der Waals surface area contributed by atoms with Gasteiger partial charge in [0.1, 0.15) is 30.0 Å². The van der Waals surface area contributed by atoms with Crippen LogP contribution < -0.4 is 19.7 Å². The molecular weight excluding hydrogens is 506 g/mol. The van der Waals surface area contributed by atoms with E-state index in [1.165, 1.54) is 0 Å². The highest BCUT2D eigenvalue weighted by molar-refractivity contribution is 6.29. The number of hydrogen-bond donors (Lipinski definition) is 1. The van der Waals surface area contributed by atoms with Crippen molar-refractivity contribution in [2.45, 2.75) is 44.8 Å². The van der Waals surface area contributed by atoms with Gasteiger partial charge in [-0.25, -0.2) is 9.97 Å². The van der Waals surface area contributed by atoms with Gasteiger partial charge >= 0.3 is 0 Å². The third-order valence-electron chi connectivity index (χ3n) is 6.87. The van der Waals surface area contributed by atoms with Crippen molar-refractivity contribution in [3.63, 3.8) is 0 Å². The van der Waals surface area contributed by atoms with Crippen molar-refractivity contribution in [2.75, 3.05) is 44.2 Å². The predicted molar refractivity (Wildman–Crippen MR) is 145 cm³/mol. The minimum Gasteiger partial charge on any atom is -0.486 e. The standard InChI is InChI=1S/C27H34ClN7O3/c1-2-3-11-33-13-14-35(25-16-24(28)31-27(32-25)34-12-10-29-19-34)20(17-33)15-26(36)30-9-8-21-18-37-22-6-4-5-7-23(22)38-21/h4-7,10,12,16,19-21H,2-3,8-9,11,13-15,17-18H2,1H3,(H,30,36). The molecule has 2 aliphatic rings. The third-order valence-corrected chi connectivity index (χ3v) is 7.06. The van der Waals surface area contributed by atoms with Gasteiger partial charge < -0.3 is 19.7 Å². The first-order chi connectivity index (χ1) is 18.6. The summed E-state index contributed by atoms with van der Waals surface area (Å²) < 4.78 is 13.5. The topological polar surface area (TPSA) is 97.6 Å². The second-order valence-electron chi connectivity index (χ2n) is 9.66. The molecule has 2 atom stereocenters. The van der Waals surface area contributed by atoms with Crippen LogP contribution >= 0.6 is 11.6 Å². The molecule has 2 unspecified atom stereocenters. The van der Waals surface area contributed by atoms with Crippen LogP contribution in [0, 0.1) is 0 Å². The summed E-state index contributed by atoms with van der Waals surface area (Å²) in [6.07, 6.45) is 8.31. The fraction of sp³-hybridized carbons (Fsp3) is 0.481. The number of aromatic nitrogens is 4. The number of amides is 1. The summed E-state index contributed by atoms with van der Waals surface area (Å²) in [6.45, 7) is 6.65. The number of nitrogens with one attached hydrogen (secondary N) is 1. The molecule has 2 aromatic heterocycles. The lowest BCUT2D eigenvalue weighted by atomic mass is 10.1.